The maximum Gasteiger partial charge on any atom is 0.0336 e. The van der Waals surface area contributed by atoms with Crippen LogP contribution in [-0.4, -0.2) is 0 Å². The summed E-state index contributed by atoms with van der Waals surface area (Å²) < 4.78 is 0. The van der Waals surface area contributed by atoms with E-state index in [1.807, 2.05) is 8.93 Å². The Labute approximate surface area is 212 Å². The first-order valence-corrected chi connectivity index (χ1v) is 15.2. The molecule has 3 rings (SSSR count). The second-order valence-corrected chi connectivity index (χ2v) is 11.9. The van der Waals surface area contributed by atoms with Crippen LogP contribution in [0.5, 0.6) is 0 Å². The molecule has 2 heteroatoms. The third-order valence-electron chi connectivity index (χ3n) is 6.38. The van der Waals surface area contributed by atoms with Gasteiger partial charge in [-0.2, -0.15) is 0 Å². The maximum atomic E-state index is 2.49. The fourth-order valence-corrected chi connectivity index (χ4v) is 6.67. The number of hydrogen-bond donors (Lipinski definition) is 0. The van der Waals surface area contributed by atoms with E-state index < -0.39 is 0 Å². The molecule has 32 heavy (non-hydrogen) atoms. The molecule has 0 saturated carbocycles. The molecule has 0 spiro atoms. The molecule has 0 radical (unpaired) electrons. The monoisotopic (exact) mass is 556 g/mol. The van der Waals surface area contributed by atoms with Gasteiger partial charge in [-0.3, -0.25) is 0 Å². The molecule has 0 heterocycles. The Bertz CT molecular complexity index is 942. The summed E-state index contributed by atoms with van der Waals surface area (Å²) >= 11 is 2.49. The van der Waals surface area contributed by atoms with Crippen molar-refractivity contribution in [3.05, 3.63) is 76.9 Å². The highest BCUT2D eigenvalue weighted by Crippen LogP contribution is 2.48. The van der Waals surface area contributed by atoms with Gasteiger partial charge in [-0.1, -0.05) is 119 Å². The van der Waals surface area contributed by atoms with Crippen LogP contribution in [0, 0.1) is 0 Å². The van der Waals surface area contributed by atoms with E-state index in [1.165, 1.54) is 49.4 Å². The maximum absolute atomic E-state index is 2.49. The molecular weight excluding hydrogens is 519 g/mol. The normalized spacial score (nSPS) is 11.9. The fraction of sp³-hybridized carbons (Fsp3) is 0.400. The number of halogens is 1. The van der Waals surface area contributed by atoms with E-state index in [2.05, 4.69) is 131 Å². The van der Waals surface area contributed by atoms with Crippen LogP contribution in [0.15, 0.2) is 59.5 Å². The second kappa shape index (κ2) is 10.8. The summed E-state index contributed by atoms with van der Waals surface area (Å²) in [6, 6.07) is 20.7. The van der Waals surface area contributed by atoms with Crippen LogP contribution < -0.4 is 0 Å². The molecule has 3 aromatic rings. The van der Waals surface area contributed by atoms with Gasteiger partial charge in [-0.05, 0) is 68.2 Å². The summed E-state index contributed by atoms with van der Waals surface area (Å²) in [5, 5.41) is 0. The number of benzene rings is 3. The first-order valence-electron chi connectivity index (χ1n) is 11.9. The summed E-state index contributed by atoms with van der Waals surface area (Å²) in [5.74, 6) is 1.92. The van der Waals surface area contributed by atoms with Gasteiger partial charge in [0, 0.05) is 26.1 Å². The quantitative estimate of drug-likeness (QED) is 0.261. The van der Waals surface area contributed by atoms with Crippen molar-refractivity contribution < 1.29 is 0 Å². The lowest BCUT2D eigenvalue weighted by atomic mass is 9.82. The molecule has 0 bridgehead atoms. The molecule has 3 aromatic carbocycles. The minimum atomic E-state index is 0.480. The SMILES string of the molecule is CC(C)c1cccc(C(C)C)c1-c1cccc(-c2c(C(C)C)cccc2C(C)C)c1SI. The number of rotatable bonds is 7. The van der Waals surface area contributed by atoms with Gasteiger partial charge < -0.3 is 0 Å². The highest BCUT2D eigenvalue weighted by atomic mass is 127. The Morgan fingerprint density at radius 3 is 1.03 bits per heavy atom. The lowest BCUT2D eigenvalue weighted by Crippen LogP contribution is -2.03. The first kappa shape index (κ1) is 25.4. The Hall–Kier alpha value is -1.26. The molecule has 0 aromatic heterocycles. The molecular formula is C30H37IS. The molecule has 0 atom stereocenters. The minimum absolute atomic E-state index is 0.480. The zero-order valence-electron chi connectivity index (χ0n) is 20.8. The molecule has 0 fully saturated rings. The Morgan fingerprint density at radius 2 is 0.781 bits per heavy atom. The predicted molar refractivity (Wildman–Crippen MR) is 154 cm³/mol. The summed E-state index contributed by atoms with van der Waals surface area (Å²) in [4.78, 5) is 1.39. The van der Waals surface area contributed by atoms with Gasteiger partial charge in [0.25, 0.3) is 0 Å². The van der Waals surface area contributed by atoms with E-state index in [1.54, 1.807) is 0 Å². The zero-order valence-corrected chi connectivity index (χ0v) is 23.8. The van der Waals surface area contributed by atoms with Crippen molar-refractivity contribution in [2.24, 2.45) is 0 Å². The molecule has 0 saturated heterocycles. The zero-order chi connectivity index (χ0) is 23.6. The van der Waals surface area contributed by atoms with Gasteiger partial charge in [0.2, 0.25) is 0 Å². The molecule has 0 nitrogen and oxygen atoms in total. The third kappa shape index (κ3) is 4.97. The summed E-state index contributed by atoms with van der Waals surface area (Å²) in [6.07, 6.45) is 0. The van der Waals surface area contributed by atoms with Crippen LogP contribution >= 0.6 is 30.1 Å². The minimum Gasteiger partial charge on any atom is -0.0617 e. The average Bonchev–Trinajstić information content (AvgIpc) is 2.77. The molecule has 170 valence electrons. The molecule has 0 N–H and O–H groups in total. The topological polar surface area (TPSA) is 0 Å². The fourth-order valence-electron chi connectivity index (χ4n) is 4.74. The van der Waals surface area contributed by atoms with E-state index in [-0.39, 0.29) is 0 Å². The Balaban J connectivity index is 2.43. The van der Waals surface area contributed by atoms with Crippen LogP contribution in [0.3, 0.4) is 0 Å². The van der Waals surface area contributed by atoms with Crippen molar-refractivity contribution in [3.8, 4) is 22.3 Å². The van der Waals surface area contributed by atoms with Crippen LogP contribution in [0.2, 0.25) is 0 Å². The van der Waals surface area contributed by atoms with Crippen LogP contribution in [-0.2, 0) is 0 Å². The Kier molecular flexibility index (Phi) is 8.54. The van der Waals surface area contributed by atoms with Crippen LogP contribution in [0.4, 0.5) is 0 Å². The molecule has 0 aliphatic rings. The average molecular weight is 557 g/mol. The van der Waals surface area contributed by atoms with Crippen molar-refractivity contribution in [2.45, 2.75) is 84.0 Å². The largest absolute Gasteiger partial charge is 0.0617 e. The lowest BCUT2D eigenvalue weighted by molar-refractivity contribution is 0.835. The second-order valence-electron chi connectivity index (χ2n) is 10.0. The highest BCUT2D eigenvalue weighted by molar-refractivity contribution is 14.2. The van der Waals surface area contributed by atoms with Gasteiger partial charge >= 0.3 is 0 Å². The van der Waals surface area contributed by atoms with Gasteiger partial charge in [0.1, 0.15) is 0 Å². The molecule has 0 aliphatic heterocycles. The van der Waals surface area contributed by atoms with E-state index in [0.717, 1.165) is 0 Å². The lowest BCUT2D eigenvalue weighted by Gasteiger charge is -2.25. The Morgan fingerprint density at radius 1 is 0.500 bits per heavy atom. The predicted octanol–water partition coefficient (Wildman–Crippen LogP) is 11.0. The van der Waals surface area contributed by atoms with Crippen molar-refractivity contribution in [1.82, 2.24) is 0 Å². The summed E-state index contributed by atoms with van der Waals surface area (Å²) in [6.45, 7) is 18.5. The molecule has 0 unspecified atom stereocenters. The van der Waals surface area contributed by atoms with Crippen LogP contribution in [0.1, 0.15) is 101 Å². The van der Waals surface area contributed by atoms with Gasteiger partial charge in [-0.25, -0.2) is 0 Å². The van der Waals surface area contributed by atoms with E-state index in [9.17, 15) is 0 Å². The van der Waals surface area contributed by atoms with E-state index in [4.69, 9.17) is 0 Å². The van der Waals surface area contributed by atoms with E-state index in [0.29, 0.717) is 23.7 Å². The summed E-state index contributed by atoms with van der Waals surface area (Å²) in [7, 11) is 1.86. The third-order valence-corrected chi connectivity index (χ3v) is 8.29. The molecule has 0 aliphatic carbocycles. The standard InChI is InChI=1S/C30H37IS/c1-18(2)22-12-9-13-23(19(3)4)28(22)26-16-11-17-27(30(26)32-31)29-24(20(5)6)14-10-15-25(29)21(7)8/h9-21H,1-8H3. The van der Waals surface area contributed by atoms with E-state index >= 15 is 0 Å². The molecule has 0 amide bonds. The van der Waals surface area contributed by atoms with Gasteiger partial charge in [0.05, 0.1) is 0 Å². The van der Waals surface area contributed by atoms with Crippen molar-refractivity contribution in [3.63, 3.8) is 0 Å². The van der Waals surface area contributed by atoms with Gasteiger partial charge in [0.15, 0.2) is 0 Å². The van der Waals surface area contributed by atoms with Crippen molar-refractivity contribution in [2.75, 3.05) is 0 Å². The smallest absolute Gasteiger partial charge is 0.0336 e. The van der Waals surface area contributed by atoms with Gasteiger partial charge in [-0.15, -0.1) is 0 Å². The van der Waals surface area contributed by atoms with Crippen LogP contribution in [0.25, 0.3) is 22.3 Å². The van der Waals surface area contributed by atoms with Crippen molar-refractivity contribution in [1.29, 1.82) is 0 Å². The summed E-state index contributed by atoms with van der Waals surface area (Å²) in [5.41, 5.74) is 11.4. The van der Waals surface area contributed by atoms with Crippen molar-refractivity contribution >= 4 is 30.1 Å². The number of hydrogen-bond acceptors (Lipinski definition) is 1. The highest BCUT2D eigenvalue weighted by Gasteiger charge is 2.23. The first-order chi connectivity index (χ1) is 15.2.